The Morgan fingerprint density at radius 2 is 1.83 bits per heavy atom. The molecule has 1 heterocycles. The number of hydrogen-bond donors (Lipinski definition) is 2. The molecule has 1 aromatic heterocycles. The fourth-order valence-electron chi connectivity index (χ4n) is 1.45. The first-order valence-corrected chi connectivity index (χ1v) is 7.61. The molecule has 96 valence electrons. The highest BCUT2D eigenvalue weighted by Gasteiger charge is 2.13. The first-order chi connectivity index (χ1) is 8.47. The van der Waals surface area contributed by atoms with E-state index in [4.69, 9.17) is 5.11 Å². The number of phenolic OH excluding ortho intramolecular Hbond substituents is 1. The van der Waals surface area contributed by atoms with E-state index in [9.17, 15) is 8.42 Å². The lowest BCUT2D eigenvalue weighted by molar-refractivity contribution is 0.474. The Labute approximate surface area is 110 Å². The second-order valence-corrected chi connectivity index (χ2v) is 6.97. The topological polar surface area (TPSA) is 66.4 Å². The summed E-state index contributed by atoms with van der Waals surface area (Å²) < 4.78 is 26.4. The Morgan fingerprint density at radius 3 is 2.39 bits per heavy atom. The average molecular weight is 283 g/mol. The van der Waals surface area contributed by atoms with E-state index >= 15 is 0 Å². The van der Waals surface area contributed by atoms with Crippen LogP contribution in [0.5, 0.6) is 5.75 Å². The van der Waals surface area contributed by atoms with Crippen molar-refractivity contribution in [2.24, 2.45) is 0 Å². The number of thiophene rings is 1. The standard InChI is InChI=1S/C12H13NO3S2/c1-9-2-5-11(17-9)8-13-18(15,16)12-6-3-10(14)4-7-12/h2-7,13-14H,8H2,1H3. The molecule has 2 N–H and O–H groups in total. The Hall–Kier alpha value is -1.37. The van der Waals surface area contributed by atoms with E-state index < -0.39 is 10.0 Å². The van der Waals surface area contributed by atoms with Crippen LogP contribution in [0.4, 0.5) is 0 Å². The van der Waals surface area contributed by atoms with Gasteiger partial charge in [0.15, 0.2) is 0 Å². The fourth-order valence-corrected chi connectivity index (χ4v) is 3.38. The minimum Gasteiger partial charge on any atom is -0.508 e. The molecule has 1 aromatic carbocycles. The van der Waals surface area contributed by atoms with Crippen molar-refractivity contribution < 1.29 is 13.5 Å². The normalized spacial score (nSPS) is 11.6. The van der Waals surface area contributed by atoms with Crippen LogP contribution < -0.4 is 4.72 Å². The number of nitrogens with one attached hydrogen (secondary N) is 1. The number of aromatic hydroxyl groups is 1. The summed E-state index contributed by atoms with van der Waals surface area (Å²) in [6.45, 7) is 2.25. The highest BCUT2D eigenvalue weighted by molar-refractivity contribution is 7.89. The molecule has 0 aliphatic rings. The van der Waals surface area contributed by atoms with E-state index in [-0.39, 0.29) is 17.2 Å². The number of rotatable bonds is 4. The molecule has 0 saturated carbocycles. The third-order valence-electron chi connectivity index (χ3n) is 2.38. The smallest absolute Gasteiger partial charge is 0.240 e. The molecular weight excluding hydrogens is 270 g/mol. The first-order valence-electron chi connectivity index (χ1n) is 5.31. The van der Waals surface area contributed by atoms with Gasteiger partial charge in [0.1, 0.15) is 5.75 Å². The van der Waals surface area contributed by atoms with Crippen LogP contribution in [-0.2, 0) is 16.6 Å². The van der Waals surface area contributed by atoms with Gasteiger partial charge in [0.2, 0.25) is 10.0 Å². The van der Waals surface area contributed by atoms with Crippen LogP contribution in [0.1, 0.15) is 9.75 Å². The number of sulfonamides is 1. The second-order valence-electron chi connectivity index (χ2n) is 3.83. The highest BCUT2D eigenvalue weighted by Crippen LogP contribution is 2.17. The first kappa shape index (κ1) is 13.1. The largest absolute Gasteiger partial charge is 0.508 e. The van der Waals surface area contributed by atoms with Gasteiger partial charge in [-0.05, 0) is 43.3 Å². The quantitative estimate of drug-likeness (QED) is 0.904. The maximum Gasteiger partial charge on any atom is 0.240 e. The molecule has 2 rings (SSSR count). The predicted molar refractivity (Wildman–Crippen MR) is 71.2 cm³/mol. The van der Waals surface area contributed by atoms with Crippen molar-refractivity contribution in [2.45, 2.75) is 18.4 Å². The summed E-state index contributed by atoms with van der Waals surface area (Å²) >= 11 is 1.56. The van der Waals surface area contributed by atoms with Crippen molar-refractivity contribution in [3.05, 3.63) is 46.2 Å². The zero-order valence-electron chi connectivity index (χ0n) is 9.75. The van der Waals surface area contributed by atoms with E-state index in [1.807, 2.05) is 19.1 Å². The van der Waals surface area contributed by atoms with E-state index in [0.29, 0.717) is 0 Å². The third-order valence-corrected chi connectivity index (χ3v) is 4.80. The van der Waals surface area contributed by atoms with Gasteiger partial charge in [-0.25, -0.2) is 13.1 Å². The van der Waals surface area contributed by atoms with Crippen LogP contribution >= 0.6 is 11.3 Å². The highest BCUT2D eigenvalue weighted by atomic mass is 32.2. The number of hydrogen-bond acceptors (Lipinski definition) is 4. The summed E-state index contributed by atoms with van der Waals surface area (Å²) in [4.78, 5) is 2.26. The SMILES string of the molecule is Cc1ccc(CNS(=O)(=O)c2ccc(O)cc2)s1. The van der Waals surface area contributed by atoms with Gasteiger partial charge in [-0.2, -0.15) is 0 Å². The van der Waals surface area contributed by atoms with Crippen LogP contribution in [0.15, 0.2) is 41.3 Å². The molecule has 4 nitrogen and oxygen atoms in total. The zero-order chi connectivity index (χ0) is 13.2. The average Bonchev–Trinajstić information content (AvgIpc) is 2.73. The fraction of sp³-hybridized carbons (Fsp3) is 0.167. The molecule has 0 spiro atoms. The molecule has 2 aromatic rings. The minimum absolute atomic E-state index is 0.0443. The van der Waals surface area contributed by atoms with Gasteiger partial charge in [0.05, 0.1) is 4.90 Å². The number of phenols is 1. The van der Waals surface area contributed by atoms with Crippen LogP contribution in [0.3, 0.4) is 0 Å². The zero-order valence-corrected chi connectivity index (χ0v) is 11.4. The van der Waals surface area contributed by atoms with Crippen molar-refractivity contribution in [3.8, 4) is 5.75 Å². The molecule has 0 atom stereocenters. The van der Waals surface area contributed by atoms with Gasteiger partial charge in [-0.15, -0.1) is 11.3 Å². The molecule has 6 heteroatoms. The molecule has 0 aliphatic carbocycles. The summed E-state index contributed by atoms with van der Waals surface area (Å²) in [7, 11) is -3.52. The summed E-state index contributed by atoms with van der Waals surface area (Å²) in [5.41, 5.74) is 0. The van der Waals surface area contributed by atoms with Gasteiger partial charge in [0, 0.05) is 16.3 Å². The number of benzene rings is 1. The minimum atomic E-state index is -3.52. The summed E-state index contributed by atoms with van der Waals surface area (Å²) in [6, 6.07) is 9.30. The van der Waals surface area contributed by atoms with Crippen molar-refractivity contribution in [3.63, 3.8) is 0 Å². The van der Waals surface area contributed by atoms with E-state index in [2.05, 4.69) is 4.72 Å². The van der Waals surface area contributed by atoms with Crippen LogP contribution in [0.25, 0.3) is 0 Å². The molecule has 0 aliphatic heterocycles. The molecule has 18 heavy (non-hydrogen) atoms. The summed E-state index contributed by atoms with van der Waals surface area (Å²) in [6.07, 6.45) is 0. The maximum atomic E-state index is 11.9. The molecule has 0 fully saturated rings. The van der Waals surface area contributed by atoms with Gasteiger partial charge >= 0.3 is 0 Å². The van der Waals surface area contributed by atoms with Gasteiger partial charge < -0.3 is 5.11 Å². The van der Waals surface area contributed by atoms with Gasteiger partial charge in [-0.1, -0.05) is 0 Å². The molecule has 0 radical (unpaired) electrons. The molecule has 0 bridgehead atoms. The van der Waals surface area contributed by atoms with Gasteiger partial charge in [0.25, 0.3) is 0 Å². The maximum absolute atomic E-state index is 11.9. The molecule has 0 unspecified atom stereocenters. The van der Waals surface area contributed by atoms with Crippen LogP contribution in [0.2, 0.25) is 0 Å². The van der Waals surface area contributed by atoms with Crippen LogP contribution in [0, 0.1) is 6.92 Å². The van der Waals surface area contributed by atoms with Crippen molar-refractivity contribution in [2.75, 3.05) is 0 Å². The van der Waals surface area contributed by atoms with E-state index in [1.165, 1.54) is 24.3 Å². The van der Waals surface area contributed by atoms with Crippen molar-refractivity contribution in [1.29, 1.82) is 0 Å². The lowest BCUT2D eigenvalue weighted by atomic mass is 10.3. The predicted octanol–water partition coefficient (Wildman–Crippen LogP) is 2.24. The molecular formula is C12H13NO3S2. The van der Waals surface area contributed by atoms with Crippen molar-refractivity contribution >= 4 is 21.4 Å². The van der Waals surface area contributed by atoms with Crippen LogP contribution in [-0.4, -0.2) is 13.5 Å². The Kier molecular flexibility index (Phi) is 3.70. The number of aryl methyl sites for hydroxylation is 1. The molecule has 0 amide bonds. The summed E-state index contributed by atoms with van der Waals surface area (Å²) in [5.74, 6) is 0.0443. The monoisotopic (exact) mass is 283 g/mol. The van der Waals surface area contributed by atoms with Crippen molar-refractivity contribution in [1.82, 2.24) is 4.72 Å². The third kappa shape index (κ3) is 3.10. The van der Waals surface area contributed by atoms with E-state index in [0.717, 1.165) is 9.75 Å². The molecule has 0 saturated heterocycles. The lowest BCUT2D eigenvalue weighted by Crippen LogP contribution is -2.22. The Bertz CT molecular complexity index is 630. The lowest BCUT2D eigenvalue weighted by Gasteiger charge is -2.05. The van der Waals surface area contributed by atoms with Gasteiger partial charge in [-0.3, -0.25) is 0 Å². The van der Waals surface area contributed by atoms with E-state index in [1.54, 1.807) is 11.3 Å². The Morgan fingerprint density at radius 1 is 1.17 bits per heavy atom. The second kappa shape index (κ2) is 5.09. The Balaban J connectivity index is 2.10. The summed E-state index contributed by atoms with van der Waals surface area (Å²) in [5, 5.41) is 9.12.